The second kappa shape index (κ2) is 13.3. The first-order chi connectivity index (χ1) is 16.6. The van der Waals surface area contributed by atoms with Crippen LogP contribution >= 0.6 is 0 Å². The highest BCUT2D eigenvalue weighted by Crippen LogP contribution is 2.20. The van der Waals surface area contributed by atoms with Crippen molar-refractivity contribution in [2.45, 2.75) is 53.4 Å². The third kappa shape index (κ3) is 9.70. The van der Waals surface area contributed by atoms with Crippen LogP contribution in [-0.4, -0.2) is 55.6 Å². The minimum atomic E-state index is -1.39. The topological polar surface area (TPSA) is 82.1 Å². The molecule has 192 valence electrons. The molecule has 0 saturated heterocycles. The van der Waals surface area contributed by atoms with E-state index in [0.717, 1.165) is 34.3 Å². The monoisotopic (exact) mass is 486 g/mol. The molecule has 1 N–H and O–H groups in total. The molecule has 35 heavy (non-hydrogen) atoms. The Morgan fingerprint density at radius 1 is 0.886 bits per heavy atom. The Morgan fingerprint density at radius 2 is 1.43 bits per heavy atom. The van der Waals surface area contributed by atoms with Crippen molar-refractivity contribution in [3.63, 3.8) is 0 Å². The highest BCUT2D eigenvalue weighted by molar-refractivity contribution is 5.77. The highest BCUT2D eigenvalue weighted by atomic mass is 16.7. The van der Waals surface area contributed by atoms with Crippen molar-refractivity contribution >= 4 is 12.1 Å². The fourth-order valence-electron chi connectivity index (χ4n) is 3.48. The fourth-order valence-corrected chi connectivity index (χ4v) is 3.48. The summed E-state index contributed by atoms with van der Waals surface area (Å²) in [6.45, 7) is 6.96. The van der Waals surface area contributed by atoms with Gasteiger partial charge in [-0.2, -0.15) is 0 Å². The molecule has 0 aromatic heterocycles. The Kier molecular flexibility index (Phi) is 10.7. The van der Waals surface area contributed by atoms with Crippen LogP contribution in [0.5, 0.6) is 0 Å². The SMILES string of the molecule is CCCC[N+](C)(C)Cc1ccc(COC(=O)C(C)(CO)COC(=O)OCc2ccc(C)cc2)cc1. The van der Waals surface area contributed by atoms with Gasteiger partial charge in [-0.3, -0.25) is 4.79 Å². The first kappa shape index (κ1) is 28.3. The van der Waals surface area contributed by atoms with Crippen LogP contribution in [-0.2, 0) is 38.8 Å². The van der Waals surface area contributed by atoms with E-state index in [9.17, 15) is 14.7 Å². The molecule has 1 unspecified atom stereocenters. The van der Waals surface area contributed by atoms with E-state index in [1.54, 1.807) is 0 Å². The number of unbranched alkanes of at least 4 members (excludes halogenated alkanes) is 1. The number of ether oxygens (including phenoxy) is 3. The van der Waals surface area contributed by atoms with E-state index >= 15 is 0 Å². The standard InChI is InChI=1S/C28H40NO6/c1-6-7-16-29(4,5)17-23-12-14-25(15-13-23)18-33-26(31)28(3,20-30)21-35-27(32)34-19-24-10-8-22(2)9-11-24/h8-15,30H,6-7,16-21H2,1-5H3/q+1. The average Bonchev–Trinajstić information content (AvgIpc) is 2.84. The zero-order valence-electron chi connectivity index (χ0n) is 21.7. The number of carbonyl (C=O) groups is 2. The second-order valence-electron chi connectivity index (χ2n) is 10.1. The number of hydrogen-bond acceptors (Lipinski definition) is 6. The minimum absolute atomic E-state index is 0.0596. The third-order valence-electron chi connectivity index (χ3n) is 5.95. The zero-order valence-corrected chi connectivity index (χ0v) is 21.7. The van der Waals surface area contributed by atoms with E-state index in [-0.39, 0.29) is 19.8 Å². The number of aliphatic hydroxyl groups is 1. The molecular formula is C28H40NO6+. The zero-order chi connectivity index (χ0) is 25.9. The van der Waals surface area contributed by atoms with Crippen molar-refractivity contribution in [1.29, 1.82) is 0 Å². The molecule has 0 radical (unpaired) electrons. The summed E-state index contributed by atoms with van der Waals surface area (Å²) < 4.78 is 16.5. The van der Waals surface area contributed by atoms with Gasteiger partial charge in [0, 0.05) is 5.56 Å². The predicted octanol–water partition coefficient (Wildman–Crippen LogP) is 4.77. The minimum Gasteiger partial charge on any atom is -0.460 e. The van der Waals surface area contributed by atoms with Gasteiger partial charge in [-0.05, 0) is 31.4 Å². The maximum Gasteiger partial charge on any atom is 0.508 e. The van der Waals surface area contributed by atoms with Crippen molar-refractivity contribution in [1.82, 2.24) is 0 Å². The van der Waals surface area contributed by atoms with Gasteiger partial charge in [-0.1, -0.05) is 67.4 Å². The van der Waals surface area contributed by atoms with Gasteiger partial charge in [-0.25, -0.2) is 4.79 Å². The van der Waals surface area contributed by atoms with Gasteiger partial charge in [0.1, 0.15) is 31.8 Å². The normalized spacial score (nSPS) is 13.1. The molecule has 0 aliphatic rings. The molecule has 1 atom stereocenters. The van der Waals surface area contributed by atoms with Gasteiger partial charge >= 0.3 is 12.1 Å². The van der Waals surface area contributed by atoms with Crippen LogP contribution < -0.4 is 0 Å². The Bertz CT molecular complexity index is 939. The van der Waals surface area contributed by atoms with Gasteiger partial charge in [0.2, 0.25) is 0 Å². The number of carbonyl (C=O) groups excluding carboxylic acids is 2. The fraction of sp³-hybridized carbons (Fsp3) is 0.500. The predicted molar refractivity (Wildman–Crippen MR) is 134 cm³/mol. The quantitative estimate of drug-likeness (QED) is 0.325. The van der Waals surface area contributed by atoms with Crippen LogP contribution in [0.3, 0.4) is 0 Å². The number of esters is 1. The molecular weight excluding hydrogens is 446 g/mol. The molecule has 0 spiro atoms. The van der Waals surface area contributed by atoms with E-state index < -0.39 is 24.1 Å². The Labute approximate surface area is 209 Å². The van der Waals surface area contributed by atoms with Crippen molar-refractivity contribution in [3.05, 3.63) is 70.8 Å². The summed E-state index contributed by atoms with van der Waals surface area (Å²) >= 11 is 0. The molecule has 7 heteroatoms. The van der Waals surface area contributed by atoms with Gasteiger partial charge in [0.25, 0.3) is 0 Å². The molecule has 0 bridgehead atoms. The summed E-state index contributed by atoms with van der Waals surface area (Å²) in [4.78, 5) is 24.6. The maximum absolute atomic E-state index is 12.6. The lowest BCUT2D eigenvalue weighted by Gasteiger charge is -2.30. The van der Waals surface area contributed by atoms with E-state index in [1.165, 1.54) is 25.3 Å². The maximum atomic E-state index is 12.6. The summed E-state index contributed by atoms with van der Waals surface area (Å²) in [5.74, 6) is -0.646. The Morgan fingerprint density at radius 3 is 2.00 bits per heavy atom. The van der Waals surface area contributed by atoms with Crippen LogP contribution in [0, 0.1) is 12.3 Å². The summed E-state index contributed by atoms with van der Waals surface area (Å²) in [5, 5.41) is 9.77. The molecule has 2 aromatic carbocycles. The second-order valence-corrected chi connectivity index (χ2v) is 10.1. The van der Waals surface area contributed by atoms with Crippen molar-refractivity contribution in [2.24, 2.45) is 5.41 Å². The summed E-state index contributed by atoms with van der Waals surface area (Å²) in [5.41, 5.74) is 2.61. The summed E-state index contributed by atoms with van der Waals surface area (Å²) in [7, 11) is 4.45. The van der Waals surface area contributed by atoms with Crippen molar-refractivity contribution < 1.29 is 33.4 Å². The number of nitrogens with zero attached hydrogens (tertiary/aromatic N) is 1. The van der Waals surface area contributed by atoms with Gasteiger partial charge < -0.3 is 23.8 Å². The van der Waals surface area contributed by atoms with Crippen LogP contribution in [0.1, 0.15) is 48.9 Å². The van der Waals surface area contributed by atoms with Crippen molar-refractivity contribution in [3.8, 4) is 0 Å². The van der Waals surface area contributed by atoms with Gasteiger partial charge in [-0.15, -0.1) is 0 Å². The van der Waals surface area contributed by atoms with Crippen LogP contribution in [0.15, 0.2) is 48.5 Å². The lowest BCUT2D eigenvalue weighted by Crippen LogP contribution is -2.39. The largest absolute Gasteiger partial charge is 0.508 e. The smallest absolute Gasteiger partial charge is 0.460 e. The van der Waals surface area contributed by atoms with Crippen LogP contribution in [0.2, 0.25) is 0 Å². The first-order valence-corrected chi connectivity index (χ1v) is 12.1. The number of aliphatic hydroxyl groups excluding tert-OH is 1. The Balaban J connectivity index is 1.81. The highest BCUT2D eigenvalue weighted by Gasteiger charge is 2.36. The lowest BCUT2D eigenvalue weighted by atomic mass is 9.93. The molecule has 0 amide bonds. The lowest BCUT2D eigenvalue weighted by molar-refractivity contribution is -0.903. The molecule has 0 aliphatic heterocycles. The number of rotatable bonds is 13. The van der Waals surface area contributed by atoms with E-state index in [4.69, 9.17) is 14.2 Å². The Hall–Kier alpha value is -2.90. The molecule has 0 fully saturated rings. The average molecular weight is 487 g/mol. The number of benzene rings is 2. The molecule has 0 saturated carbocycles. The summed E-state index contributed by atoms with van der Waals surface area (Å²) in [6, 6.07) is 15.5. The van der Waals surface area contributed by atoms with Crippen LogP contribution in [0.25, 0.3) is 0 Å². The first-order valence-electron chi connectivity index (χ1n) is 12.1. The van der Waals surface area contributed by atoms with E-state index in [1.807, 2.05) is 55.5 Å². The van der Waals surface area contributed by atoms with Gasteiger partial charge in [0.05, 0.1) is 27.2 Å². The number of quaternary nitrogens is 1. The van der Waals surface area contributed by atoms with Gasteiger partial charge in [0.15, 0.2) is 0 Å². The van der Waals surface area contributed by atoms with E-state index in [2.05, 4.69) is 21.0 Å². The van der Waals surface area contributed by atoms with E-state index in [0.29, 0.717) is 0 Å². The molecule has 2 rings (SSSR count). The number of aryl methyl sites for hydroxylation is 1. The summed E-state index contributed by atoms with van der Waals surface area (Å²) in [6.07, 6.45) is 1.46. The third-order valence-corrected chi connectivity index (χ3v) is 5.95. The molecule has 0 aliphatic carbocycles. The molecule has 0 heterocycles. The molecule has 2 aromatic rings. The van der Waals surface area contributed by atoms with Crippen LogP contribution in [0.4, 0.5) is 4.79 Å². The number of hydrogen-bond donors (Lipinski definition) is 1. The molecule has 7 nitrogen and oxygen atoms in total. The van der Waals surface area contributed by atoms with Crippen molar-refractivity contribution in [2.75, 3.05) is 33.9 Å².